The Morgan fingerprint density at radius 1 is 0.946 bits per heavy atom. The van der Waals surface area contributed by atoms with E-state index in [-0.39, 0.29) is 23.6 Å². The number of amides is 2. The van der Waals surface area contributed by atoms with E-state index < -0.39 is 24.0 Å². The number of hydrogen-bond donors (Lipinski definition) is 1. The maximum Gasteiger partial charge on any atom is 0.356 e. The summed E-state index contributed by atoms with van der Waals surface area (Å²) < 4.78 is 11.5. The average Bonchev–Trinajstić information content (AvgIpc) is 2.94. The zero-order chi connectivity index (χ0) is 25.8. The topological polar surface area (TPSA) is 84.9 Å². The zero-order valence-electron chi connectivity index (χ0n) is 20.2. The van der Waals surface area contributed by atoms with Crippen molar-refractivity contribution in [1.29, 1.82) is 0 Å². The molecule has 2 aliphatic heterocycles. The molecule has 8 heteroatoms. The van der Waals surface area contributed by atoms with Crippen molar-refractivity contribution >= 4 is 29.5 Å². The molecular weight excluding hydrogens is 488 g/mol. The van der Waals surface area contributed by atoms with Gasteiger partial charge in [0.2, 0.25) is 0 Å². The number of carbonyl (C=O) groups excluding carboxylic acids is 3. The van der Waals surface area contributed by atoms with Gasteiger partial charge in [0.25, 0.3) is 11.8 Å². The molecule has 2 atom stereocenters. The molecule has 188 valence electrons. The van der Waals surface area contributed by atoms with Gasteiger partial charge in [-0.3, -0.25) is 14.5 Å². The molecule has 2 aliphatic rings. The van der Waals surface area contributed by atoms with Crippen LogP contribution in [0.4, 0.5) is 0 Å². The molecule has 0 bridgehead atoms. The largest absolute Gasteiger partial charge is 0.484 e. The fourth-order valence-corrected chi connectivity index (χ4v) is 5.68. The number of nitrogens with one attached hydrogen (secondary N) is 1. The van der Waals surface area contributed by atoms with Crippen LogP contribution in [0.3, 0.4) is 0 Å². The number of nitrogens with zero attached hydrogens (tertiary/aromatic N) is 1. The van der Waals surface area contributed by atoms with E-state index in [1.807, 2.05) is 85.8 Å². The monoisotopic (exact) mass is 514 g/mol. The van der Waals surface area contributed by atoms with Crippen molar-refractivity contribution in [3.8, 4) is 5.75 Å². The molecule has 0 aromatic heterocycles. The molecule has 2 heterocycles. The summed E-state index contributed by atoms with van der Waals surface area (Å²) in [6, 6.07) is 27.3. The predicted molar refractivity (Wildman–Crippen MR) is 140 cm³/mol. The number of fused-ring (bicyclic) bond motifs is 1. The minimum Gasteiger partial charge on any atom is -0.484 e. The third-order valence-electron chi connectivity index (χ3n) is 6.21. The Hall–Kier alpha value is -4.04. The highest BCUT2D eigenvalue weighted by Gasteiger charge is 2.54. The summed E-state index contributed by atoms with van der Waals surface area (Å²) in [5.41, 5.74) is 2.68. The molecular formula is C29H26N2O5S. The van der Waals surface area contributed by atoms with Gasteiger partial charge in [-0.15, -0.1) is 11.8 Å². The fraction of sp³-hybridized carbons (Fsp3) is 0.207. The number of benzene rings is 3. The normalized spacial score (nSPS) is 18.6. The third kappa shape index (κ3) is 5.24. The molecule has 1 saturated heterocycles. The molecule has 5 rings (SSSR count). The zero-order valence-corrected chi connectivity index (χ0v) is 21.0. The summed E-state index contributed by atoms with van der Waals surface area (Å²) in [5.74, 6) is -0.182. The third-order valence-corrected chi connectivity index (χ3v) is 7.64. The van der Waals surface area contributed by atoms with Gasteiger partial charge in [-0.25, -0.2) is 4.79 Å². The van der Waals surface area contributed by atoms with Gasteiger partial charge in [-0.1, -0.05) is 78.9 Å². The second-order valence-corrected chi connectivity index (χ2v) is 9.90. The summed E-state index contributed by atoms with van der Waals surface area (Å²) in [6.07, 6.45) is -0.620. The second-order valence-electron chi connectivity index (χ2n) is 8.79. The summed E-state index contributed by atoms with van der Waals surface area (Å²) in [5, 5.41) is 2.37. The quantitative estimate of drug-likeness (QED) is 0.360. The minimum absolute atomic E-state index is 0.204. The lowest BCUT2D eigenvalue weighted by atomic mass is 10.0. The van der Waals surface area contributed by atoms with Crippen LogP contribution < -0.4 is 10.1 Å². The first kappa shape index (κ1) is 24.6. The number of thioether (sulfide) groups is 1. The predicted octanol–water partition coefficient (Wildman–Crippen LogP) is 4.07. The summed E-state index contributed by atoms with van der Waals surface area (Å²) in [7, 11) is 0. The molecule has 3 aromatic rings. The molecule has 1 fully saturated rings. The molecule has 2 amide bonds. The lowest BCUT2D eigenvalue weighted by molar-refractivity contribution is -0.154. The van der Waals surface area contributed by atoms with E-state index in [1.165, 1.54) is 16.7 Å². The molecule has 7 nitrogen and oxygen atoms in total. The molecule has 0 radical (unpaired) electrons. The number of carbonyl (C=O) groups is 3. The Morgan fingerprint density at radius 2 is 1.51 bits per heavy atom. The van der Waals surface area contributed by atoms with Crippen molar-refractivity contribution in [2.24, 2.45) is 0 Å². The Balaban J connectivity index is 1.28. The van der Waals surface area contributed by atoms with Crippen LogP contribution in [0, 0.1) is 0 Å². The number of rotatable bonds is 8. The number of ether oxygens (including phenoxy) is 2. The number of esters is 1. The van der Waals surface area contributed by atoms with Crippen molar-refractivity contribution in [3.05, 3.63) is 113 Å². The number of para-hydroxylation sites is 1. The fourth-order valence-electron chi connectivity index (χ4n) is 4.39. The van der Waals surface area contributed by atoms with E-state index in [9.17, 15) is 14.4 Å². The number of hydrogen-bond acceptors (Lipinski definition) is 6. The van der Waals surface area contributed by atoms with E-state index >= 15 is 0 Å². The highest BCUT2D eigenvalue weighted by Crippen LogP contribution is 2.41. The Morgan fingerprint density at radius 3 is 2.11 bits per heavy atom. The van der Waals surface area contributed by atoms with Crippen LogP contribution >= 0.6 is 11.8 Å². The maximum atomic E-state index is 13.5. The Bertz CT molecular complexity index is 1270. The van der Waals surface area contributed by atoms with Gasteiger partial charge in [-0.2, -0.15) is 0 Å². The summed E-state index contributed by atoms with van der Waals surface area (Å²) >= 11 is 1.51. The van der Waals surface area contributed by atoms with E-state index in [0.717, 1.165) is 16.7 Å². The maximum absolute atomic E-state index is 13.5. The lowest BCUT2D eigenvalue weighted by Gasteiger charge is -2.49. The summed E-state index contributed by atoms with van der Waals surface area (Å²) in [4.78, 5) is 40.5. The van der Waals surface area contributed by atoms with Crippen LogP contribution in [-0.2, 0) is 19.1 Å². The minimum atomic E-state index is -0.730. The van der Waals surface area contributed by atoms with Crippen LogP contribution in [-0.4, -0.2) is 46.5 Å². The van der Waals surface area contributed by atoms with Gasteiger partial charge >= 0.3 is 5.97 Å². The van der Waals surface area contributed by atoms with Crippen LogP contribution in [0.5, 0.6) is 5.75 Å². The number of β-lactam (4-membered cyclic amide) rings is 1. The summed E-state index contributed by atoms with van der Waals surface area (Å²) in [6.45, 7) is 1.62. The first-order chi connectivity index (χ1) is 18.0. The first-order valence-electron chi connectivity index (χ1n) is 12.0. The van der Waals surface area contributed by atoms with Crippen molar-refractivity contribution in [1.82, 2.24) is 10.2 Å². The van der Waals surface area contributed by atoms with Gasteiger partial charge in [0.05, 0.1) is 0 Å². The van der Waals surface area contributed by atoms with Gasteiger partial charge in [0.15, 0.2) is 12.7 Å². The highest BCUT2D eigenvalue weighted by molar-refractivity contribution is 8.00. The van der Waals surface area contributed by atoms with Gasteiger partial charge in [-0.05, 0) is 35.8 Å². The van der Waals surface area contributed by atoms with E-state index in [0.29, 0.717) is 11.5 Å². The van der Waals surface area contributed by atoms with Gasteiger partial charge in [0, 0.05) is 5.75 Å². The van der Waals surface area contributed by atoms with Gasteiger partial charge < -0.3 is 14.8 Å². The van der Waals surface area contributed by atoms with Gasteiger partial charge in [0.1, 0.15) is 22.9 Å². The van der Waals surface area contributed by atoms with Crippen molar-refractivity contribution < 1.29 is 23.9 Å². The molecule has 0 aliphatic carbocycles. The van der Waals surface area contributed by atoms with E-state index in [1.54, 1.807) is 12.1 Å². The smallest absolute Gasteiger partial charge is 0.356 e. The van der Waals surface area contributed by atoms with Crippen LogP contribution in [0.1, 0.15) is 24.2 Å². The molecule has 0 saturated carbocycles. The standard InChI is InChI=1S/C29H26N2O5S/c1-19-18-37-28-24(30-23(32)17-35-22-15-9-4-10-16-22)27(33)31(28)25(19)29(34)36-26(20-11-5-2-6-12-20)21-13-7-3-8-14-21/h2-16,24,26,28H,17-18H2,1H3,(H,30,32)/t24-,28-/m0/s1. The highest BCUT2D eigenvalue weighted by atomic mass is 32.2. The molecule has 0 spiro atoms. The average molecular weight is 515 g/mol. The van der Waals surface area contributed by atoms with Crippen LogP contribution in [0.2, 0.25) is 0 Å². The van der Waals surface area contributed by atoms with Crippen LogP contribution in [0.15, 0.2) is 102 Å². The second kappa shape index (κ2) is 10.9. The van der Waals surface area contributed by atoms with E-state index in [4.69, 9.17) is 9.47 Å². The van der Waals surface area contributed by atoms with E-state index in [2.05, 4.69) is 5.32 Å². The molecule has 0 unspecified atom stereocenters. The van der Waals surface area contributed by atoms with Crippen molar-refractivity contribution in [2.75, 3.05) is 12.4 Å². The molecule has 1 N–H and O–H groups in total. The first-order valence-corrected chi connectivity index (χ1v) is 13.0. The lowest BCUT2D eigenvalue weighted by Crippen LogP contribution is -2.70. The Labute approximate surface area is 219 Å². The SMILES string of the molecule is CC1=C(C(=O)OC(c2ccccc2)c2ccccc2)N2C(=O)[C@H](NC(=O)COc3ccccc3)[C@@H]2SC1. The Kier molecular flexibility index (Phi) is 7.28. The van der Waals surface area contributed by atoms with Crippen molar-refractivity contribution in [3.63, 3.8) is 0 Å². The molecule has 37 heavy (non-hydrogen) atoms. The molecule has 3 aromatic carbocycles. The van der Waals surface area contributed by atoms with Crippen molar-refractivity contribution in [2.45, 2.75) is 24.4 Å². The van der Waals surface area contributed by atoms with Crippen LogP contribution in [0.25, 0.3) is 0 Å².